The number of ether oxygens (including phenoxy) is 3. The Bertz CT molecular complexity index is 3030. The second kappa shape index (κ2) is 19.4. The summed E-state index contributed by atoms with van der Waals surface area (Å²) in [7, 11) is 3.08. The highest BCUT2D eigenvalue weighted by molar-refractivity contribution is 6.10. The molecule has 0 spiro atoms. The zero-order valence-electron chi connectivity index (χ0n) is 37.0. The van der Waals surface area contributed by atoms with Crippen molar-refractivity contribution in [2.45, 2.75) is 60.5 Å². The maximum absolute atomic E-state index is 14.6. The third-order valence-corrected chi connectivity index (χ3v) is 11.2. The zero-order chi connectivity index (χ0) is 45.7. The molecule has 0 aliphatic rings. The fraction of sp³-hybridized carbons (Fsp3) is 0.231. The summed E-state index contributed by atoms with van der Waals surface area (Å²) in [5.41, 5.74) is 9.13. The van der Waals surface area contributed by atoms with E-state index in [9.17, 15) is 23.5 Å². The molecule has 4 heterocycles. The molecule has 0 aliphatic carbocycles. The maximum Gasteiger partial charge on any atom is 0.355 e. The molecule has 0 fully saturated rings. The lowest BCUT2D eigenvalue weighted by Crippen LogP contribution is -2.15. The molecule has 8 aromatic rings. The van der Waals surface area contributed by atoms with Crippen LogP contribution in [0.2, 0.25) is 0 Å². The van der Waals surface area contributed by atoms with Gasteiger partial charge in [-0.25, -0.2) is 28.3 Å². The molecule has 12 heteroatoms. The minimum atomic E-state index is -1.09. The van der Waals surface area contributed by atoms with Crippen LogP contribution in [0.15, 0.2) is 109 Å². The summed E-state index contributed by atoms with van der Waals surface area (Å²) in [6.45, 7) is 10.1. The Morgan fingerprint density at radius 3 is 1.45 bits per heavy atom. The minimum absolute atomic E-state index is 0.0791. The Hall–Kier alpha value is -7.34. The van der Waals surface area contributed by atoms with Gasteiger partial charge in [-0.1, -0.05) is 62.4 Å². The van der Waals surface area contributed by atoms with Crippen LogP contribution in [0.1, 0.15) is 75.4 Å². The van der Waals surface area contributed by atoms with Crippen LogP contribution in [0, 0.1) is 25.5 Å². The summed E-state index contributed by atoms with van der Waals surface area (Å²) >= 11 is 0. The Morgan fingerprint density at radius 1 is 0.609 bits per heavy atom. The van der Waals surface area contributed by atoms with Crippen molar-refractivity contribution in [2.24, 2.45) is 0 Å². The smallest absolute Gasteiger partial charge is 0.355 e. The van der Waals surface area contributed by atoms with Crippen LogP contribution in [0.5, 0.6) is 11.8 Å². The van der Waals surface area contributed by atoms with Crippen LogP contribution < -0.4 is 9.47 Å². The van der Waals surface area contributed by atoms with Crippen LogP contribution in [-0.4, -0.2) is 57.0 Å². The number of fused-ring (bicyclic) bond motifs is 2. The number of methoxy groups -OCH3 is 2. The van der Waals surface area contributed by atoms with Crippen molar-refractivity contribution in [3.63, 3.8) is 0 Å². The first-order valence-electron chi connectivity index (χ1n) is 21.1. The van der Waals surface area contributed by atoms with Crippen LogP contribution in [0.25, 0.3) is 44.1 Å². The second-order valence-corrected chi connectivity index (χ2v) is 15.3. The highest BCUT2D eigenvalue weighted by Gasteiger charge is 2.29. The topological polar surface area (TPSA) is 118 Å². The van der Waals surface area contributed by atoms with Gasteiger partial charge in [-0.05, 0) is 105 Å². The predicted octanol–water partition coefficient (Wildman–Crippen LogP) is 11.4. The third-order valence-electron chi connectivity index (χ3n) is 11.2. The molecule has 328 valence electrons. The molecule has 4 aromatic carbocycles. The predicted molar refractivity (Wildman–Crippen MR) is 246 cm³/mol. The molecular formula is C52H50F2N4O6. The number of aromatic nitrogens is 4. The Kier molecular flexibility index (Phi) is 13.5. The molecule has 0 aliphatic heterocycles. The molecule has 0 unspecified atom stereocenters. The van der Waals surface area contributed by atoms with E-state index in [0.29, 0.717) is 50.8 Å². The minimum Gasteiger partial charge on any atom is -0.481 e. The number of benzene rings is 4. The normalized spacial score (nSPS) is 11.1. The summed E-state index contributed by atoms with van der Waals surface area (Å²) in [5, 5.41) is 11.9. The highest BCUT2D eigenvalue weighted by atomic mass is 19.1. The number of hydrogen-bond donors (Lipinski definition) is 1. The average molecular weight is 865 g/mol. The number of hydrogen-bond acceptors (Lipinski definition) is 7. The molecule has 1 N–H and O–H groups in total. The molecule has 64 heavy (non-hydrogen) atoms. The summed E-state index contributed by atoms with van der Waals surface area (Å²) < 4.78 is 49.1. The lowest BCUT2D eigenvalue weighted by atomic mass is 10.0. The van der Waals surface area contributed by atoms with Crippen LogP contribution in [-0.2, 0) is 30.7 Å². The molecule has 0 saturated heterocycles. The lowest BCUT2D eigenvalue weighted by Gasteiger charge is -2.13. The Labute approximate surface area is 370 Å². The van der Waals surface area contributed by atoms with E-state index in [4.69, 9.17) is 14.2 Å². The first-order chi connectivity index (χ1) is 30.9. The van der Waals surface area contributed by atoms with Gasteiger partial charge >= 0.3 is 11.9 Å². The third kappa shape index (κ3) is 8.81. The van der Waals surface area contributed by atoms with E-state index >= 15 is 0 Å². The van der Waals surface area contributed by atoms with Gasteiger partial charge in [-0.3, -0.25) is 0 Å². The Balaban J connectivity index is 0.000000192. The number of halogens is 2. The maximum atomic E-state index is 14.6. The number of carboxylic acid groups (broad SMARTS) is 1. The van der Waals surface area contributed by atoms with E-state index in [2.05, 4.69) is 23.0 Å². The van der Waals surface area contributed by atoms with E-state index in [0.717, 1.165) is 57.2 Å². The van der Waals surface area contributed by atoms with E-state index in [1.54, 1.807) is 55.0 Å². The first kappa shape index (κ1) is 44.7. The van der Waals surface area contributed by atoms with E-state index < -0.39 is 11.9 Å². The number of esters is 1. The molecule has 4 aromatic heterocycles. The summed E-state index contributed by atoms with van der Waals surface area (Å²) in [6, 6.07) is 32.4. The largest absolute Gasteiger partial charge is 0.481 e. The summed E-state index contributed by atoms with van der Waals surface area (Å²) in [6.07, 6.45) is 1.64. The summed E-state index contributed by atoms with van der Waals surface area (Å²) in [4.78, 5) is 34.8. The number of rotatable bonds is 13. The van der Waals surface area contributed by atoms with E-state index in [1.165, 1.54) is 19.2 Å². The molecule has 0 radical (unpaired) electrons. The number of nitrogens with zero attached hydrogens (tertiary/aromatic N) is 4. The number of carbonyl (C=O) groups excluding carboxylic acids is 1. The fourth-order valence-corrected chi connectivity index (χ4v) is 8.10. The zero-order valence-corrected chi connectivity index (χ0v) is 37.0. The molecule has 0 atom stereocenters. The van der Waals surface area contributed by atoms with Gasteiger partial charge in [0.15, 0.2) is 0 Å². The monoisotopic (exact) mass is 864 g/mol. The van der Waals surface area contributed by atoms with Crippen molar-refractivity contribution in [1.29, 1.82) is 0 Å². The van der Waals surface area contributed by atoms with Gasteiger partial charge in [0.2, 0.25) is 11.8 Å². The summed E-state index contributed by atoms with van der Waals surface area (Å²) in [5.74, 6) is -1.48. The van der Waals surface area contributed by atoms with Gasteiger partial charge in [0.25, 0.3) is 0 Å². The van der Waals surface area contributed by atoms with Crippen molar-refractivity contribution in [3.05, 3.63) is 166 Å². The van der Waals surface area contributed by atoms with E-state index in [1.807, 2.05) is 79.9 Å². The molecule has 8 rings (SSSR count). The van der Waals surface area contributed by atoms with Crippen molar-refractivity contribution < 1.29 is 37.7 Å². The standard InChI is InChI=1S/C27H27FN2O3.C25H23FN2O3/c1-5-18-12-14-23-21(15-18)24(20-13-11-17(3)29-26(20)32-4)25(27(31)33-6-2)30(23)16-19-9-7-8-10-22(19)28;1-4-16-10-12-21-19(13-16)22(18-11-9-15(2)27-24(18)31-3)23(25(29)30)28(21)14-17-7-5-6-8-20(17)26/h7-15H,5-6,16H2,1-4H3;5-13H,4,14H2,1-3H3,(H,29,30). The van der Waals surface area contributed by atoms with Crippen molar-refractivity contribution in [2.75, 3.05) is 20.8 Å². The SMILES string of the molecule is CCOC(=O)c1c(-c2ccc(C)nc2OC)c2cc(CC)ccc2n1Cc1ccccc1F.CCc1ccc2c(c1)c(-c1ccc(C)nc1OC)c(C(=O)O)n2Cc1ccccc1F. The number of aromatic carboxylic acids is 1. The fourth-order valence-electron chi connectivity index (χ4n) is 8.10. The van der Waals surface area contributed by atoms with Gasteiger partial charge < -0.3 is 28.5 Å². The van der Waals surface area contributed by atoms with Gasteiger partial charge in [0.05, 0.1) is 33.9 Å². The van der Waals surface area contributed by atoms with Gasteiger partial charge in [0, 0.05) is 66.6 Å². The quantitative estimate of drug-likeness (QED) is 0.114. The molecule has 0 amide bonds. The van der Waals surface area contributed by atoms with Gasteiger partial charge in [-0.15, -0.1) is 0 Å². The average Bonchev–Trinajstić information content (AvgIpc) is 3.79. The number of pyridine rings is 2. The van der Waals surface area contributed by atoms with Crippen LogP contribution in [0.4, 0.5) is 8.78 Å². The molecule has 0 saturated carbocycles. The lowest BCUT2D eigenvalue weighted by molar-refractivity contribution is 0.0515. The van der Waals surface area contributed by atoms with Crippen molar-refractivity contribution >= 4 is 33.7 Å². The first-order valence-corrected chi connectivity index (χ1v) is 21.1. The van der Waals surface area contributed by atoms with Crippen molar-refractivity contribution in [1.82, 2.24) is 19.1 Å². The van der Waals surface area contributed by atoms with Crippen LogP contribution in [0.3, 0.4) is 0 Å². The number of carboxylic acids is 1. The van der Waals surface area contributed by atoms with Gasteiger partial charge in [0.1, 0.15) is 23.0 Å². The number of carbonyl (C=O) groups is 2. The van der Waals surface area contributed by atoms with Crippen LogP contribution >= 0.6 is 0 Å². The highest BCUT2D eigenvalue weighted by Crippen LogP contribution is 2.42. The van der Waals surface area contributed by atoms with Gasteiger partial charge in [-0.2, -0.15) is 0 Å². The van der Waals surface area contributed by atoms with E-state index in [-0.39, 0.29) is 37.0 Å². The second-order valence-electron chi connectivity index (χ2n) is 15.3. The van der Waals surface area contributed by atoms with Crippen molar-refractivity contribution in [3.8, 4) is 34.0 Å². The molecule has 10 nitrogen and oxygen atoms in total. The molecule has 0 bridgehead atoms. The molecular weight excluding hydrogens is 815 g/mol. The Morgan fingerprint density at radius 2 is 1.05 bits per heavy atom. The number of aryl methyl sites for hydroxylation is 4.